The predicted octanol–water partition coefficient (Wildman–Crippen LogP) is 2.07. The first-order chi connectivity index (χ1) is 8.90. The van der Waals surface area contributed by atoms with Crippen LogP contribution in [0.15, 0.2) is 6.07 Å². The second-order valence-electron chi connectivity index (χ2n) is 4.85. The van der Waals surface area contributed by atoms with Gasteiger partial charge in [-0.2, -0.15) is 0 Å². The molecule has 0 aromatic carbocycles. The fraction of sp³-hybridized carbons (Fsp3) is 0.583. The van der Waals surface area contributed by atoms with Crippen molar-refractivity contribution in [2.75, 3.05) is 18.0 Å². The molecule has 0 spiro atoms. The second-order valence-corrected chi connectivity index (χ2v) is 5.88. The van der Waals surface area contributed by atoms with Gasteiger partial charge < -0.3 is 10.0 Å². The summed E-state index contributed by atoms with van der Waals surface area (Å²) in [6, 6.07) is 1.35. The molecule has 19 heavy (non-hydrogen) atoms. The van der Waals surface area contributed by atoms with Gasteiger partial charge in [-0.3, -0.25) is 14.9 Å². The third kappa shape index (κ3) is 2.76. The van der Waals surface area contributed by atoms with Crippen molar-refractivity contribution in [1.82, 2.24) is 0 Å². The van der Waals surface area contributed by atoms with Crippen molar-refractivity contribution in [2.24, 2.45) is 5.92 Å². The molecule has 6 nitrogen and oxygen atoms in total. The number of anilines is 1. The Hall–Kier alpha value is -1.47. The van der Waals surface area contributed by atoms with Gasteiger partial charge in [-0.25, -0.2) is 0 Å². The van der Waals surface area contributed by atoms with Crippen LogP contribution in [-0.4, -0.2) is 35.0 Å². The van der Waals surface area contributed by atoms with Crippen molar-refractivity contribution >= 4 is 27.8 Å². The Morgan fingerprint density at radius 3 is 2.84 bits per heavy atom. The highest BCUT2D eigenvalue weighted by molar-refractivity contribution is 7.18. The number of carbonyl (C=O) groups is 1. The van der Waals surface area contributed by atoms with Gasteiger partial charge in [0, 0.05) is 25.1 Å². The summed E-state index contributed by atoms with van der Waals surface area (Å²) in [7, 11) is 0. The molecule has 1 aliphatic rings. The fourth-order valence-electron chi connectivity index (χ4n) is 2.27. The SMILES string of the molecule is CC(=O)c1cc([N+](=O)[O-])c(N2CCC(C(C)O)C2)s1. The quantitative estimate of drug-likeness (QED) is 0.520. The van der Waals surface area contributed by atoms with Crippen molar-refractivity contribution < 1.29 is 14.8 Å². The molecule has 0 amide bonds. The highest BCUT2D eigenvalue weighted by Crippen LogP contribution is 2.40. The van der Waals surface area contributed by atoms with Crippen LogP contribution in [0.5, 0.6) is 0 Å². The third-order valence-electron chi connectivity index (χ3n) is 3.43. The van der Waals surface area contributed by atoms with Gasteiger partial charge in [-0.05, 0) is 20.3 Å². The maximum atomic E-state index is 11.4. The van der Waals surface area contributed by atoms with E-state index in [0.29, 0.717) is 23.0 Å². The van der Waals surface area contributed by atoms with E-state index >= 15 is 0 Å². The van der Waals surface area contributed by atoms with Gasteiger partial charge in [0.05, 0.1) is 15.9 Å². The minimum absolute atomic E-state index is 0.0126. The summed E-state index contributed by atoms with van der Waals surface area (Å²) in [4.78, 5) is 24.3. The lowest BCUT2D eigenvalue weighted by Crippen LogP contribution is -2.23. The molecule has 1 aromatic heterocycles. The minimum atomic E-state index is -0.450. The molecule has 2 rings (SSSR count). The minimum Gasteiger partial charge on any atom is -0.393 e. The molecule has 2 heterocycles. The summed E-state index contributed by atoms with van der Waals surface area (Å²) in [5.74, 6) is -0.0342. The van der Waals surface area contributed by atoms with Crippen LogP contribution in [0.1, 0.15) is 29.9 Å². The lowest BCUT2D eigenvalue weighted by atomic mass is 10.0. The normalized spacial score (nSPS) is 20.6. The molecule has 1 N–H and O–H groups in total. The Kier molecular flexibility index (Phi) is 3.86. The topological polar surface area (TPSA) is 83.7 Å². The van der Waals surface area contributed by atoms with Gasteiger partial charge in [0.2, 0.25) is 0 Å². The summed E-state index contributed by atoms with van der Waals surface area (Å²) in [5.41, 5.74) is -0.0126. The second kappa shape index (κ2) is 5.26. The molecule has 7 heteroatoms. The summed E-state index contributed by atoms with van der Waals surface area (Å²) < 4.78 is 0. The zero-order valence-electron chi connectivity index (χ0n) is 10.8. The molecule has 0 saturated carbocycles. The molecule has 0 aliphatic carbocycles. The summed E-state index contributed by atoms with van der Waals surface area (Å²) >= 11 is 1.16. The van der Waals surface area contributed by atoms with Crippen molar-refractivity contribution in [3.05, 3.63) is 21.1 Å². The van der Waals surface area contributed by atoms with Crippen LogP contribution in [-0.2, 0) is 0 Å². The lowest BCUT2D eigenvalue weighted by molar-refractivity contribution is -0.383. The van der Waals surface area contributed by atoms with Crippen LogP contribution in [0.4, 0.5) is 10.7 Å². The van der Waals surface area contributed by atoms with E-state index in [0.717, 1.165) is 17.8 Å². The average molecular weight is 284 g/mol. The van der Waals surface area contributed by atoms with Crippen LogP contribution in [0.2, 0.25) is 0 Å². The van der Waals surface area contributed by atoms with E-state index in [-0.39, 0.29) is 17.4 Å². The van der Waals surface area contributed by atoms with Crippen molar-refractivity contribution in [3.63, 3.8) is 0 Å². The van der Waals surface area contributed by atoms with Crippen molar-refractivity contribution in [2.45, 2.75) is 26.4 Å². The molecule has 0 radical (unpaired) electrons. The number of hydrogen-bond acceptors (Lipinski definition) is 6. The monoisotopic (exact) mass is 284 g/mol. The van der Waals surface area contributed by atoms with Crippen molar-refractivity contribution in [1.29, 1.82) is 0 Å². The number of aliphatic hydroxyl groups is 1. The molecular formula is C12H16N2O4S. The first kappa shape index (κ1) is 14.0. The Morgan fingerprint density at radius 1 is 1.68 bits per heavy atom. The molecule has 2 atom stereocenters. The van der Waals surface area contributed by atoms with Gasteiger partial charge in [-0.15, -0.1) is 11.3 Å². The average Bonchev–Trinajstić information content (AvgIpc) is 2.95. The summed E-state index contributed by atoms with van der Waals surface area (Å²) in [5, 5.41) is 21.2. The molecule has 2 unspecified atom stereocenters. The van der Waals surface area contributed by atoms with E-state index in [9.17, 15) is 20.0 Å². The van der Waals surface area contributed by atoms with E-state index in [1.54, 1.807) is 6.92 Å². The number of ketones is 1. The smallest absolute Gasteiger partial charge is 0.304 e. The van der Waals surface area contributed by atoms with Crippen LogP contribution in [0, 0.1) is 16.0 Å². The van der Waals surface area contributed by atoms with Gasteiger partial charge in [-0.1, -0.05) is 0 Å². The number of hydrogen-bond donors (Lipinski definition) is 1. The van der Waals surface area contributed by atoms with Crippen LogP contribution >= 0.6 is 11.3 Å². The third-order valence-corrected chi connectivity index (χ3v) is 4.72. The Labute approximate surface area is 114 Å². The molecule has 1 aromatic rings. The summed E-state index contributed by atoms with van der Waals surface area (Å²) in [6.07, 6.45) is 0.388. The van der Waals surface area contributed by atoms with Gasteiger partial charge in [0.15, 0.2) is 10.8 Å². The van der Waals surface area contributed by atoms with Gasteiger partial charge in [0.25, 0.3) is 0 Å². The zero-order chi connectivity index (χ0) is 14.2. The fourth-order valence-corrected chi connectivity index (χ4v) is 3.32. The number of rotatable bonds is 4. The number of Topliss-reactive ketones (excluding diaryl/α,β-unsaturated/α-hetero) is 1. The number of aliphatic hydroxyl groups excluding tert-OH is 1. The standard InChI is InChI=1S/C12H16N2O4S/c1-7(15)9-3-4-13(6-9)12-10(14(17)18)5-11(19-12)8(2)16/h5,7,9,15H,3-4,6H2,1-2H3. The van der Waals surface area contributed by atoms with Crippen LogP contribution in [0.25, 0.3) is 0 Å². The largest absolute Gasteiger partial charge is 0.393 e. The molecule has 104 valence electrons. The molecular weight excluding hydrogens is 268 g/mol. The number of carbonyl (C=O) groups excluding carboxylic acids is 1. The van der Waals surface area contributed by atoms with Gasteiger partial charge in [0.1, 0.15) is 0 Å². The number of thiophene rings is 1. The zero-order valence-corrected chi connectivity index (χ0v) is 11.6. The van der Waals surface area contributed by atoms with Crippen LogP contribution < -0.4 is 4.90 Å². The lowest BCUT2D eigenvalue weighted by Gasteiger charge is -2.17. The molecule has 1 fully saturated rings. The number of nitrogens with zero attached hydrogens (tertiary/aromatic N) is 2. The highest BCUT2D eigenvalue weighted by atomic mass is 32.1. The van der Waals surface area contributed by atoms with E-state index in [4.69, 9.17) is 0 Å². The Bertz CT molecular complexity index is 512. The van der Waals surface area contributed by atoms with Crippen molar-refractivity contribution in [3.8, 4) is 0 Å². The van der Waals surface area contributed by atoms with E-state index in [1.165, 1.54) is 13.0 Å². The van der Waals surface area contributed by atoms with E-state index < -0.39 is 11.0 Å². The summed E-state index contributed by atoms with van der Waals surface area (Å²) in [6.45, 7) is 4.41. The molecule has 1 aliphatic heterocycles. The van der Waals surface area contributed by atoms with Crippen LogP contribution in [0.3, 0.4) is 0 Å². The Balaban J connectivity index is 2.29. The Morgan fingerprint density at radius 2 is 2.37 bits per heavy atom. The number of nitro groups is 1. The molecule has 0 bridgehead atoms. The maximum absolute atomic E-state index is 11.4. The van der Waals surface area contributed by atoms with Gasteiger partial charge >= 0.3 is 5.69 Å². The maximum Gasteiger partial charge on any atom is 0.304 e. The van der Waals surface area contributed by atoms with E-state index in [1.807, 2.05) is 4.90 Å². The predicted molar refractivity (Wildman–Crippen MR) is 73.0 cm³/mol. The molecule has 1 saturated heterocycles. The highest BCUT2D eigenvalue weighted by Gasteiger charge is 2.32. The van der Waals surface area contributed by atoms with E-state index in [2.05, 4.69) is 0 Å². The first-order valence-corrected chi connectivity index (χ1v) is 6.94. The first-order valence-electron chi connectivity index (χ1n) is 6.12.